The normalized spacial score (nSPS) is 16.6. The molecular weight excluding hydrogens is 466 g/mol. The Hall–Kier alpha value is -2.96. The van der Waals surface area contributed by atoms with Gasteiger partial charge in [0.2, 0.25) is 5.91 Å². The quantitative estimate of drug-likeness (QED) is 0.559. The topological polar surface area (TPSA) is 52.6 Å². The molecule has 1 aliphatic rings. The van der Waals surface area contributed by atoms with Gasteiger partial charge in [-0.2, -0.15) is 0 Å². The lowest BCUT2D eigenvalue weighted by atomic mass is 10.0. The SMILES string of the molecule is CN1CCN(C(=O)Cc2ccc(NC(=O)c3ccc(Br)cc3)cc2)C(c2ccccc2)C1. The van der Waals surface area contributed by atoms with E-state index in [1.54, 1.807) is 12.1 Å². The molecule has 6 heteroatoms. The van der Waals surface area contributed by atoms with Crippen molar-refractivity contribution in [1.82, 2.24) is 9.80 Å². The van der Waals surface area contributed by atoms with Crippen molar-refractivity contribution in [3.63, 3.8) is 0 Å². The van der Waals surface area contributed by atoms with Crippen LogP contribution in [-0.4, -0.2) is 48.3 Å². The highest BCUT2D eigenvalue weighted by molar-refractivity contribution is 9.10. The third-order valence-corrected chi connectivity index (χ3v) is 6.29. The fraction of sp³-hybridized carbons (Fsp3) is 0.231. The molecule has 0 radical (unpaired) electrons. The van der Waals surface area contributed by atoms with Crippen LogP contribution < -0.4 is 5.32 Å². The Balaban J connectivity index is 1.40. The fourth-order valence-electron chi connectivity index (χ4n) is 3.97. The van der Waals surface area contributed by atoms with E-state index in [4.69, 9.17) is 0 Å². The predicted molar refractivity (Wildman–Crippen MR) is 131 cm³/mol. The van der Waals surface area contributed by atoms with E-state index in [-0.39, 0.29) is 17.9 Å². The number of rotatable bonds is 5. The molecule has 0 saturated carbocycles. The molecule has 0 spiro atoms. The Labute approximate surface area is 197 Å². The zero-order valence-corrected chi connectivity index (χ0v) is 19.6. The lowest BCUT2D eigenvalue weighted by Crippen LogP contribution is -2.49. The van der Waals surface area contributed by atoms with Gasteiger partial charge in [-0.05, 0) is 54.6 Å². The lowest BCUT2D eigenvalue weighted by molar-refractivity contribution is -0.135. The lowest BCUT2D eigenvalue weighted by Gasteiger charge is -2.40. The van der Waals surface area contributed by atoms with Crippen LogP contribution in [0.4, 0.5) is 5.69 Å². The minimum Gasteiger partial charge on any atom is -0.333 e. The summed E-state index contributed by atoms with van der Waals surface area (Å²) in [5.41, 5.74) is 3.39. The van der Waals surface area contributed by atoms with Gasteiger partial charge in [-0.1, -0.05) is 58.4 Å². The molecule has 1 atom stereocenters. The van der Waals surface area contributed by atoms with E-state index in [1.807, 2.05) is 59.5 Å². The zero-order valence-electron chi connectivity index (χ0n) is 18.0. The van der Waals surface area contributed by atoms with E-state index >= 15 is 0 Å². The highest BCUT2D eigenvalue weighted by atomic mass is 79.9. The Bertz CT molecular complexity index is 1070. The zero-order chi connectivity index (χ0) is 22.5. The van der Waals surface area contributed by atoms with E-state index in [9.17, 15) is 9.59 Å². The molecule has 164 valence electrons. The first-order valence-corrected chi connectivity index (χ1v) is 11.5. The molecule has 1 heterocycles. The van der Waals surface area contributed by atoms with Crippen molar-refractivity contribution in [3.8, 4) is 0 Å². The average molecular weight is 492 g/mol. The Kier molecular flexibility index (Phi) is 7.02. The third kappa shape index (κ3) is 5.44. The summed E-state index contributed by atoms with van der Waals surface area (Å²) in [4.78, 5) is 29.8. The van der Waals surface area contributed by atoms with E-state index < -0.39 is 0 Å². The van der Waals surface area contributed by atoms with Gasteiger partial charge in [-0.15, -0.1) is 0 Å². The molecule has 5 nitrogen and oxygen atoms in total. The van der Waals surface area contributed by atoms with Gasteiger partial charge in [0.15, 0.2) is 0 Å². The highest BCUT2D eigenvalue weighted by Crippen LogP contribution is 2.26. The summed E-state index contributed by atoms with van der Waals surface area (Å²) in [5, 5.41) is 2.90. The van der Waals surface area contributed by atoms with Gasteiger partial charge in [-0.3, -0.25) is 9.59 Å². The van der Waals surface area contributed by atoms with Gasteiger partial charge in [0.25, 0.3) is 5.91 Å². The van der Waals surface area contributed by atoms with Crippen LogP contribution in [0.1, 0.15) is 27.5 Å². The molecule has 0 aliphatic carbocycles. The molecule has 3 aromatic rings. The summed E-state index contributed by atoms with van der Waals surface area (Å²) in [5.74, 6) is -0.0388. The molecule has 3 aromatic carbocycles. The first kappa shape index (κ1) is 22.2. The second-order valence-electron chi connectivity index (χ2n) is 8.11. The summed E-state index contributed by atoms with van der Waals surface area (Å²) in [7, 11) is 2.10. The third-order valence-electron chi connectivity index (χ3n) is 5.76. The van der Waals surface area contributed by atoms with E-state index in [0.29, 0.717) is 17.7 Å². The minimum absolute atomic E-state index is 0.0620. The van der Waals surface area contributed by atoms with Gasteiger partial charge >= 0.3 is 0 Å². The minimum atomic E-state index is -0.163. The average Bonchev–Trinajstić information content (AvgIpc) is 2.81. The number of carbonyl (C=O) groups is 2. The predicted octanol–water partition coefficient (Wildman–Crippen LogP) is 4.76. The molecule has 2 amide bonds. The first-order valence-electron chi connectivity index (χ1n) is 10.7. The number of hydrogen-bond donors (Lipinski definition) is 1. The summed E-state index contributed by atoms with van der Waals surface area (Å²) in [6, 6.07) is 25.0. The number of carbonyl (C=O) groups excluding carboxylic acids is 2. The van der Waals surface area contributed by atoms with Gasteiger partial charge in [0.1, 0.15) is 0 Å². The number of benzene rings is 3. The van der Waals surface area contributed by atoms with Crippen molar-refractivity contribution in [3.05, 3.63) is 100 Å². The number of likely N-dealkylation sites (N-methyl/N-ethyl adjacent to an activating group) is 1. The van der Waals surface area contributed by atoms with Crippen molar-refractivity contribution < 1.29 is 9.59 Å². The van der Waals surface area contributed by atoms with Crippen molar-refractivity contribution in [2.75, 3.05) is 32.0 Å². The largest absolute Gasteiger partial charge is 0.333 e. The first-order chi connectivity index (χ1) is 15.5. The van der Waals surface area contributed by atoms with Crippen LogP contribution in [0, 0.1) is 0 Å². The molecule has 1 aliphatic heterocycles. The molecule has 32 heavy (non-hydrogen) atoms. The van der Waals surface area contributed by atoms with Crippen molar-refractivity contribution in [1.29, 1.82) is 0 Å². The molecule has 0 bridgehead atoms. The van der Waals surface area contributed by atoms with Crippen molar-refractivity contribution in [2.45, 2.75) is 12.5 Å². The van der Waals surface area contributed by atoms with Crippen molar-refractivity contribution in [2.24, 2.45) is 0 Å². The molecule has 1 fully saturated rings. The number of anilines is 1. The summed E-state index contributed by atoms with van der Waals surface area (Å²) >= 11 is 3.37. The van der Waals surface area contributed by atoms with Crippen LogP contribution in [0.5, 0.6) is 0 Å². The maximum Gasteiger partial charge on any atom is 0.255 e. The van der Waals surface area contributed by atoms with Crippen LogP contribution in [0.3, 0.4) is 0 Å². The number of nitrogens with one attached hydrogen (secondary N) is 1. The summed E-state index contributed by atoms with van der Waals surface area (Å²) in [6.07, 6.45) is 0.341. The van der Waals surface area contributed by atoms with Crippen LogP contribution in [0.15, 0.2) is 83.3 Å². The molecule has 1 N–H and O–H groups in total. The number of piperazine rings is 1. The van der Waals surface area contributed by atoms with E-state index in [2.05, 4.69) is 45.3 Å². The second kappa shape index (κ2) is 10.1. The summed E-state index contributed by atoms with van der Waals surface area (Å²) in [6.45, 7) is 2.42. The Morgan fingerprint density at radius 3 is 2.31 bits per heavy atom. The molecule has 1 saturated heterocycles. The number of halogens is 1. The van der Waals surface area contributed by atoms with Gasteiger partial charge < -0.3 is 15.1 Å². The number of amides is 2. The van der Waals surface area contributed by atoms with Gasteiger partial charge in [-0.25, -0.2) is 0 Å². The smallest absolute Gasteiger partial charge is 0.255 e. The summed E-state index contributed by atoms with van der Waals surface area (Å²) < 4.78 is 0.929. The highest BCUT2D eigenvalue weighted by Gasteiger charge is 2.30. The maximum absolute atomic E-state index is 13.2. The van der Waals surface area contributed by atoms with Crippen LogP contribution >= 0.6 is 15.9 Å². The standard InChI is InChI=1S/C26H26BrN3O2/c1-29-15-16-30(24(18-29)20-5-3-2-4-6-20)25(31)17-19-7-13-23(14-8-19)28-26(32)21-9-11-22(27)12-10-21/h2-14,24H,15-18H2,1H3,(H,28,32). The number of hydrogen-bond acceptors (Lipinski definition) is 3. The van der Waals surface area contributed by atoms with E-state index in [1.165, 1.54) is 5.56 Å². The van der Waals surface area contributed by atoms with Gasteiger partial charge in [0, 0.05) is 35.4 Å². The van der Waals surface area contributed by atoms with Crippen LogP contribution in [0.2, 0.25) is 0 Å². The van der Waals surface area contributed by atoms with Gasteiger partial charge in [0.05, 0.1) is 12.5 Å². The molecular formula is C26H26BrN3O2. The molecule has 0 aromatic heterocycles. The second-order valence-corrected chi connectivity index (χ2v) is 9.03. The van der Waals surface area contributed by atoms with Crippen LogP contribution in [0.25, 0.3) is 0 Å². The van der Waals surface area contributed by atoms with Crippen LogP contribution in [-0.2, 0) is 11.2 Å². The molecule has 4 rings (SSSR count). The Morgan fingerprint density at radius 1 is 0.938 bits per heavy atom. The van der Waals surface area contributed by atoms with E-state index in [0.717, 1.165) is 29.7 Å². The monoisotopic (exact) mass is 491 g/mol. The molecule has 1 unspecified atom stereocenters. The van der Waals surface area contributed by atoms with Crippen molar-refractivity contribution >= 4 is 33.4 Å². The number of nitrogens with zero attached hydrogens (tertiary/aromatic N) is 2. The Morgan fingerprint density at radius 2 is 1.62 bits per heavy atom. The fourth-order valence-corrected chi connectivity index (χ4v) is 4.23. The maximum atomic E-state index is 13.2.